The molecule has 2 heterocycles. The fraction of sp³-hybridized carbons (Fsp3) is 0.304. The molecule has 6 nitrogen and oxygen atoms in total. The molecule has 29 heavy (non-hydrogen) atoms. The lowest BCUT2D eigenvalue weighted by atomic mass is 10.1. The Bertz CT molecular complexity index is 1090. The van der Waals surface area contributed by atoms with Crippen LogP contribution in [0.1, 0.15) is 18.4 Å². The van der Waals surface area contributed by atoms with Gasteiger partial charge in [0.25, 0.3) is 0 Å². The topological polar surface area (TPSA) is 78.8 Å². The van der Waals surface area contributed by atoms with Gasteiger partial charge in [0.2, 0.25) is 0 Å². The minimum Gasteiger partial charge on any atom is -0.391 e. The molecule has 0 saturated heterocycles. The second kappa shape index (κ2) is 7.81. The summed E-state index contributed by atoms with van der Waals surface area (Å²) in [6.07, 6.45) is 7.19. The predicted molar refractivity (Wildman–Crippen MR) is 113 cm³/mol. The molecule has 4 aromatic rings. The van der Waals surface area contributed by atoms with E-state index in [0.29, 0.717) is 5.92 Å². The number of aromatic nitrogens is 4. The van der Waals surface area contributed by atoms with Crippen LogP contribution in [-0.2, 0) is 13.1 Å². The maximum Gasteiger partial charge on any atom is 0.139 e. The molecule has 1 fully saturated rings. The number of benzene rings is 2. The van der Waals surface area contributed by atoms with Gasteiger partial charge in [-0.05, 0) is 36.5 Å². The van der Waals surface area contributed by atoms with Crippen molar-refractivity contribution in [3.8, 4) is 11.4 Å². The van der Waals surface area contributed by atoms with E-state index in [1.165, 1.54) is 5.56 Å². The number of H-pyrrole nitrogens is 1. The summed E-state index contributed by atoms with van der Waals surface area (Å²) < 4.78 is 2.21. The van der Waals surface area contributed by atoms with E-state index in [2.05, 4.69) is 55.4 Å². The Morgan fingerprint density at radius 2 is 2.03 bits per heavy atom. The van der Waals surface area contributed by atoms with E-state index in [1.807, 2.05) is 36.8 Å². The summed E-state index contributed by atoms with van der Waals surface area (Å²) in [4.78, 5) is 4.54. The monoisotopic (exact) mass is 387 g/mol. The largest absolute Gasteiger partial charge is 0.391 e. The minimum absolute atomic E-state index is 0.115. The summed E-state index contributed by atoms with van der Waals surface area (Å²) in [6, 6.07) is 16.7. The third-order valence-electron chi connectivity index (χ3n) is 5.90. The molecule has 2 aromatic carbocycles. The predicted octanol–water partition coefficient (Wildman–Crippen LogP) is 3.36. The Balaban J connectivity index is 1.22. The maximum absolute atomic E-state index is 10.6. The Morgan fingerprint density at radius 3 is 2.93 bits per heavy atom. The highest BCUT2D eigenvalue weighted by Gasteiger charge is 2.33. The Hall–Kier alpha value is -2.96. The normalized spacial score (nSPS) is 21.8. The average Bonchev–Trinajstić information content (AvgIpc) is 3.47. The van der Waals surface area contributed by atoms with Crippen LogP contribution in [0.3, 0.4) is 0 Å². The minimum atomic E-state index is -0.318. The highest BCUT2D eigenvalue weighted by atomic mass is 16.3. The summed E-state index contributed by atoms with van der Waals surface area (Å²) in [5.41, 5.74) is 3.38. The van der Waals surface area contributed by atoms with E-state index in [0.717, 1.165) is 48.2 Å². The van der Waals surface area contributed by atoms with Crippen molar-refractivity contribution in [1.82, 2.24) is 25.1 Å². The number of hydrogen-bond donors (Lipinski definition) is 3. The Morgan fingerprint density at radius 1 is 1.14 bits per heavy atom. The van der Waals surface area contributed by atoms with E-state index >= 15 is 0 Å². The highest BCUT2D eigenvalue weighted by molar-refractivity contribution is 5.78. The zero-order chi connectivity index (χ0) is 19.6. The van der Waals surface area contributed by atoms with E-state index in [4.69, 9.17) is 0 Å². The third kappa shape index (κ3) is 3.81. The van der Waals surface area contributed by atoms with Crippen LogP contribution in [0.25, 0.3) is 22.3 Å². The number of aliphatic hydroxyl groups is 1. The molecule has 0 radical (unpaired) electrons. The van der Waals surface area contributed by atoms with Crippen LogP contribution in [-0.4, -0.2) is 37.0 Å². The summed E-state index contributed by atoms with van der Waals surface area (Å²) in [6.45, 7) is 1.62. The third-order valence-corrected chi connectivity index (χ3v) is 5.90. The Labute approximate surface area is 169 Å². The van der Waals surface area contributed by atoms with Crippen molar-refractivity contribution >= 4 is 10.9 Å². The Kier molecular flexibility index (Phi) is 4.87. The van der Waals surface area contributed by atoms with Gasteiger partial charge in [-0.2, -0.15) is 5.10 Å². The van der Waals surface area contributed by atoms with Crippen molar-refractivity contribution in [2.24, 2.45) is 5.92 Å². The quantitative estimate of drug-likeness (QED) is 0.474. The van der Waals surface area contributed by atoms with Crippen molar-refractivity contribution < 1.29 is 5.11 Å². The number of fused-ring (bicyclic) bond motifs is 1. The first-order valence-electron chi connectivity index (χ1n) is 10.2. The summed E-state index contributed by atoms with van der Waals surface area (Å²) in [5.74, 6) is 1.42. The van der Waals surface area contributed by atoms with Crippen LogP contribution in [0.4, 0.5) is 0 Å². The van der Waals surface area contributed by atoms with Crippen LogP contribution in [0.15, 0.2) is 67.1 Å². The standard InChI is InChI=1S/C23H25N5O/c29-22-12-17(15-28-9-8-24-23(28)18-4-2-1-3-5-18)11-21(22)25-13-16-6-7-20-19(10-16)14-26-27-20/h1-10,14,17,21-22,25,29H,11-13,15H2,(H,26,27)/t17?,21-,22-/m1/s1. The molecule has 0 amide bonds. The first kappa shape index (κ1) is 18.1. The lowest BCUT2D eigenvalue weighted by Crippen LogP contribution is -2.35. The van der Waals surface area contributed by atoms with Gasteiger partial charge >= 0.3 is 0 Å². The second-order valence-corrected chi connectivity index (χ2v) is 7.95. The van der Waals surface area contributed by atoms with Gasteiger partial charge in [0.05, 0.1) is 17.8 Å². The van der Waals surface area contributed by atoms with Gasteiger partial charge in [0, 0.05) is 42.5 Å². The number of hydrogen-bond acceptors (Lipinski definition) is 4. The second-order valence-electron chi connectivity index (χ2n) is 7.95. The molecule has 0 bridgehead atoms. The van der Waals surface area contributed by atoms with E-state index in [9.17, 15) is 5.11 Å². The van der Waals surface area contributed by atoms with E-state index in [1.54, 1.807) is 0 Å². The summed E-state index contributed by atoms with van der Waals surface area (Å²) >= 11 is 0. The van der Waals surface area contributed by atoms with Gasteiger partial charge < -0.3 is 15.0 Å². The molecule has 148 valence electrons. The lowest BCUT2D eigenvalue weighted by molar-refractivity contribution is 0.145. The molecule has 5 rings (SSSR count). The number of imidazole rings is 1. The van der Waals surface area contributed by atoms with Crippen molar-refractivity contribution in [2.45, 2.75) is 38.1 Å². The number of nitrogens with one attached hydrogen (secondary N) is 2. The van der Waals surface area contributed by atoms with Crippen LogP contribution >= 0.6 is 0 Å². The molecular weight excluding hydrogens is 362 g/mol. The van der Waals surface area contributed by atoms with Crippen molar-refractivity contribution in [1.29, 1.82) is 0 Å². The molecule has 1 aliphatic rings. The summed E-state index contributed by atoms with van der Waals surface area (Å²) in [5, 5.41) is 22.3. The van der Waals surface area contributed by atoms with Crippen molar-refractivity contribution in [3.05, 3.63) is 72.7 Å². The molecule has 2 aromatic heterocycles. The number of aliphatic hydroxyl groups excluding tert-OH is 1. The van der Waals surface area contributed by atoms with Gasteiger partial charge in [-0.15, -0.1) is 0 Å². The van der Waals surface area contributed by atoms with Crippen molar-refractivity contribution in [2.75, 3.05) is 0 Å². The van der Waals surface area contributed by atoms with Crippen molar-refractivity contribution in [3.63, 3.8) is 0 Å². The lowest BCUT2D eigenvalue weighted by Gasteiger charge is -2.17. The van der Waals surface area contributed by atoms with Gasteiger partial charge in [0.15, 0.2) is 0 Å². The number of aromatic amines is 1. The van der Waals surface area contributed by atoms with Gasteiger partial charge in [-0.25, -0.2) is 4.98 Å². The molecule has 6 heteroatoms. The van der Waals surface area contributed by atoms with Crippen LogP contribution in [0.2, 0.25) is 0 Å². The zero-order valence-corrected chi connectivity index (χ0v) is 16.2. The van der Waals surface area contributed by atoms with Gasteiger partial charge in [0.1, 0.15) is 5.82 Å². The molecule has 0 aliphatic heterocycles. The van der Waals surface area contributed by atoms with E-state index in [-0.39, 0.29) is 12.1 Å². The molecule has 3 atom stereocenters. The summed E-state index contributed by atoms with van der Waals surface area (Å²) in [7, 11) is 0. The van der Waals surface area contributed by atoms with Crippen LogP contribution in [0, 0.1) is 5.92 Å². The number of rotatable bonds is 6. The maximum atomic E-state index is 10.6. The molecule has 0 spiro atoms. The van der Waals surface area contributed by atoms with Gasteiger partial charge in [-0.1, -0.05) is 36.4 Å². The molecular formula is C23H25N5O. The zero-order valence-electron chi connectivity index (χ0n) is 16.2. The smallest absolute Gasteiger partial charge is 0.139 e. The molecule has 1 saturated carbocycles. The molecule has 1 aliphatic carbocycles. The fourth-order valence-corrected chi connectivity index (χ4v) is 4.42. The molecule has 3 N–H and O–H groups in total. The first-order chi connectivity index (χ1) is 14.3. The molecule has 1 unspecified atom stereocenters. The SMILES string of the molecule is O[C@@H]1CC(Cn2ccnc2-c2ccccc2)C[C@H]1NCc1ccc2[nH]ncc2c1. The average molecular weight is 387 g/mol. The van der Waals surface area contributed by atoms with Crippen LogP contribution < -0.4 is 5.32 Å². The fourth-order valence-electron chi connectivity index (χ4n) is 4.42. The van der Waals surface area contributed by atoms with E-state index < -0.39 is 0 Å². The number of nitrogens with zero attached hydrogens (tertiary/aromatic N) is 3. The van der Waals surface area contributed by atoms with Gasteiger partial charge in [-0.3, -0.25) is 5.10 Å². The van der Waals surface area contributed by atoms with Crippen LogP contribution in [0.5, 0.6) is 0 Å². The highest BCUT2D eigenvalue weighted by Crippen LogP contribution is 2.29. The first-order valence-corrected chi connectivity index (χ1v) is 10.2.